The maximum atomic E-state index is 12.5. The predicted molar refractivity (Wildman–Crippen MR) is 73.9 cm³/mol. The van der Waals surface area contributed by atoms with Gasteiger partial charge in [-0.15, -0.1) is 0 Å². The molecular weight excluding hydrogens is 320 g/mol. The molecule has 18 heavy (non-hydrogen) atoms. The first-order valence-electron chi connectivity index (χ1n) is 6.46. The zero-order chi connectivity index (χ0) is 13.2. The summed E-state index contributed by atoms with van der Waals surface area (Å²) in [7, 11) is -3.09. The summed E-state index contributed by atoms with van der Waals surface area (Å²) in [6.07, 6.45) is 2.11. The highest BCUT2D eigenvalue weighted by atomic mass is 79.9. The Morgan fingerprint density at radius 3 is 2.44 bits per heavy atom. The van der Waals surface area contributed by atoms with Crippen molar-refractivity contribution in [2.24, 2.45) is 5.41 Å². The van der Waals surface area contributed by atoms with Crippen molar-refractivity contribution < 1.29 is 17.9 Å². The number of hydrogen-bond donors (Lipinski definition) is 0. The Bertz CT molecular complexity index is 376. The molecule has 0 aromatic heterocycles. The number of rotatable bonds is 4. The van der Waals surface area contributed by atoms with Gasteiger partial charge < -0.3 is 9.47 Å². The third kappa shape index (κ3) is 3.08. The van der Waals surface area contributed by atoms with E-state index in [1.54, 1.807) is 0 Å². The lowest BCUT2D eigenvalue weighted by molar-refractivity contribution is 0.0366. The van der Waals surface area contributed by atoms with E-state index in [4.69, 9.17) is 9.47 Å². The number of ether oxygens (including phenoxy) is 2. The van der Waals surface area contributed by atoms with Gasteiger partial charge in [-0.25, -0.2) is 8.42 Å². The molecule has 0 spiro atoms. The topological polar surface area (TPSA) is 52.6 Å². The highest BCUT2D eigenvalue weighted by molar-refractivity contribution is 9.09. The molecule has 0 aromatic carbocycles. The van der Waals surface area contributed by atoms with E-state index in [-0.39, 0.29) is 22.5 Å². The van der Waals surface area contributed by atoms with E-state index in [2.05, 4.69) is 15.9 Å². The van der Waals surface area contributed by atoms with E-state index < -0.39 is 9.84 Å². The number of sulfone groups is 1. The molecule has 6 heteroatoms. The van der Waals surface area contributed by atoms with Crippen molar-refractivity contribution in [1.82, 2.24) is 0 Å². The predicted octanol–water partition coefficient (Wildman–Crippen LogP) is 1.77. The highest BCUT2D eigenvalue weighted by Gasteiger charge is 2.42. The fourth-order valence-electron chi connectivity index (χ4n) is 2.84. The molecule has 2 unspecified atom stereocenters. The van der Waals surface area contributed by atoms with Gasteiger partial charge in [0.25, 0.3) is 0 Å². The molecule has 2 aliphatic heterocycles. The van der Waals surface area contributed by atoms with Gasteiger partial charge in [-0.2, -0.15) is 0 Å². The van der Waals surface area contributed by atoms with Crippen molar-refractivity contribution in [3.8, 4) is 0 Å². The molecule has 0 amide bonds. The molecule has 0 aliphatic carbocycles. The smallest absolute Gasteiger partial charge is 0.156 e. The molecule has 2 fully saturated rings. The number of hydrogen-bond acceptors (Lipinski definition) is 4. The van der Waals surface area contributed by atoms with Crippen LogP contribution >= 0.6 is 15.9 Å². The van der Waals surface area contributed by atoms with E-state index in [1.807, 2.05) is 6.92 Å². The summed E-state index contributed by atoms with van der Waals surface area (Å²) in [5.41, 5.74) is -0.153. The summed E-state index contributed by atoms with van der Waals surface area (Å²) in [5, 5.41) is 0.404. The first-order chi connectivity index (χ1) is 8.49. The van der Waals surface area contributed by atoms with Gasteiger partial charge in [-0.1, -0.05) is 15.9 Å². The molecule has 0 bridgehead atoms. The molecule has 0 N–H and O–H groups in total. The monoisotopic (exact) mass is 340 g/mol. The quantitative estimate of drug-likeness (QED) is 0.732. The van der Waals surface area contributed by atoms with Crippen molar-refractivity contribution in [3.63, 3.8) is 0 Å². The lowest BCUT2D eigenvalue weighted by Gasteiger charge is -2.36. The maximum absolute atomic E-state index is 12.5. The van der Waals surface area contributed by atoms with Gasteiger partial charge in [0.2, 0.25) is 0 Å². The van der Waals surface area contributed by atoms with Crippen LogP contribution in [0.5, 0.6) is 0 Å². The summed E-state index contributed by atoms with van der Waals surface area (Å²) in [4.78, 5) is 0. The molecule has 0 radical (unpaired) electrons. The minimum absolute atomic E-state index is 0.153. The van der Waals surface area contributed by atoms with Crippen molar-refractivity contribution in [2.45, 2.75) is 37.5 Å². The molecule has 0 saturated carbocycles. The zero-order valence-corrected chi connectivity index (χ0v) is 13.1. The second-order valence-electron chi connectivity index (χ2n) is 5.46. The van der Waals surface area contributed by atoms with E-state index in [9.17, 15) is 8.42 Å². The van der Waals surface area contributed by atoms with Crippen LogP contribution in [0.2, 0.25) is 0 Å². The SMILES string of the molecule is CC1OCCC1S(=O)(=O)CC1(CBr)CCOCC1. The zero-order valence-electron chi connectivity index (χ0n) is 10.7. The van der Waals surface area contributed by atoms with Crippen LogP contribution in [0.15, 0.2) is 0 Å². The Balaban J connectivity index is 2.10. The van der Waals surface area contributed by atoms with Gasteiger partial charge in [0.05, 0.1) is 17.1 Å². The molecule has 106 valence electrons. The minimum atomic E-state index is -3.09. The van der Waals surface area contributed by atoms with Crippen LogP contribution in [0.3, 0.4) is 0 Å². The lowest BCUT2D eigenvalue weighted by atomic mass is 9.85. The fourth-order valence-corrected chi connectivity index (χ4v) is 6.44. The molecule has 2 rings (SSSR count). The van der Waals surface area contributed by atoms with Crippen molar-refractivity contribution in [1.29, 1.82) is 0 Å². The van der Waals surface area contributed by atoms with E-state index in [0.717, 1.165) is 18.2 Å². The van der Waals surface area contributed by atoms with Crippen LogP contribution in [0, 0.1) is 5.41 Å². The first-order valence-corrected chi connectivity index (χ1v) is 9.30. The minimum Gasteiger partial charge on any atom is -0.381 e. The summed E-state index contributed by atoms with van der Waals surface area (Å²) in [6, 6.07) is 0. The second-order valence-corrected chi connectivity index (χ2v) is 8.24. The largest absolute Gasteiger partial charge is 0.381 e. The first kappa shape index (κ1) is 14.8. The van der Waals surface area contributed by atoms with Gasteiger partial charge in [-0.05, 0) is 31.6 Å². The average Bonchev–Trinajstić information content (AvgIpc) is 2.77. The van der Waals surface area contributed by atoms with Gasteiger partial charge in [-0.3, -0.25) is 0 Å². The molecule has 2 atom stereocenters. The van der Waals surface area contributed by atoms with Crippen molar-refractivity contribution in [2.75, 3.05) is 30.9 Å². The Morgan fingerprint density at radius 1 is 1.28 bits per heavy atom. The molecule has 4 nitrogen and oxygen atoms in total. The summed E-state index contributed by atoms with van der Waals surface area (Å²) < 4.78 is 35.8. The van der Waals surface area contributed by atoms with Crippen molar-refractivity contribution in [3.05, 3.63) is 0 Å². The van der Waals surface area contributed by atoms with E-state index in [1.165, 1.54) is 0 Å². The van der Waals surface area contributed by atoms with Crippen LogP contribution in [0.4, 0.5) is 0 Å². The number of halogens is 1. The third-order valence-corrected chi connectivity index (χ3v) is 7.86. The molecular formula is C12H21BrO4S. The van der Waals surface area contributed by atoms with Crippen LogP contribution in [0.25, 0.3) is 0 Å². The third-order valence-electron chi connectivity index (χ3n) is 4.11. The maximum Gasteiger partial charge on any atom is 0.156 e. The Labute approximate surface area is 117 Å². The van der Waals surface area contributed by atoms with E-state index >= 15 is 0 Å². The Morgan fingerprint density at radius 2 is 1.94 bits per heavy atom. The molecule has 2 aliphatic rings. The van der Waals surface area contributed by atoms with Crippen LogP contribution in [-0.2, 0) is 19.3 Å². The van der Waals surface area contributed by atoms with Gasteiger partial charge in [0, 0.05) is 25.2 Å². The molecule has 0 aromatic rings. The van der Waals surface area contributed by atoms with E-state index in [0.29, 0.717) is 26.2 Å². The fraction of sp³-hybridized carbons (Fsp3) is 1.00. The van der Waals surface area contributed by atoms with Crippen LogP contribution < -0.4 is 0 Å². The lowest BCUT2D eigenvalue weighted by Crippen LogP contribution is -2.42. The highest BCUT2D eigenvalue weighted by Crippen LogP contribution is 2.36. The standard InChI is InChI=1S/C12H21BrO4S/c1-10-11(2-5-17-10)18(14,15)9-12(8-13)3-6-16-7-4-12/h10-11H,2-9H2,1H3. The van der Waals surface area contributed by atoms with Crippen LogP contribution in [-0.4, -0.2) is 50.7 Å². The normalized spacial score (nSPS) is 32.6. The van der Waals surface area contributed by atoms with Crippen molar-refractivity contribution >= 4 is 25.8 Å². The van der Waals surface area contributed by atoms with Gasteiger partial charge in [0.15, 0.2) is 9.84 Å². The second kappa shape index (κ2) is 5.77. The number of alkyl halides is 1. The van der Waals surface area contributed by atoms with Gasteiger partial charge in [0.1, 0.15) is 0 Å². The average molecular weight is 341 g/mol. The molecule has 2 heterocycles. The van der Waals surface area contributed by atoms with Crippen LogP contribution in [0.1, 0.15) is 26.2 Å². The molecule has 2 saturated heterocycles. The summed E-state index contributed by atoms with van der Waals surface area (Å²) in [6.45, 7) is 3.76. The Hall–Kier alpha value is 0.350. The van der Waals surface area contributed by atoms with Gasteiger partial charge >= 0.3 is 0 Å². The Kier molecular flexibility index (Phi) is 4.73. The summed E-state index contributed by atoms with van der Waals surface area (Å²) >= 11 is 3.49. The summed E-state index contributed by atoms with van der Waals surface area (Å²) in [5.74, 6) is 0.257.